The van der Waals surface area contributed by atoms with E-state index in [0.29, 0.717) is 6.04 Å². The van der Waals surface area contributed by atoms with Gasteiger partial charge >= 0.3 is 0 Å². The lowest BCUT2D eigenvalue weighted by atomic mass is 10.4. The van der Waals surface area contributed by atoms with E-state index in [1.54, 1.807) is 6.33 Å². The minimum absolute atomic E-state index is 0.545. The molecule has 0 amide bonds. The van der Waals surface area contributed by atoms with E-state index in [4.69, 9.17) is 0 Å². The van der Waals surface area contributed by atoms with Gasteiger partial charge in [-0.15, -0.1) is 0 Å². The van der Waals surface area contributed by atoms with Gasteiger partial charge in [0, 0.05) is 37.2 Å². The topological polar surface area (TPSA) is 41.0 Å². The molecule has 1 aromatic heterocycles. The molecule has 0 atom stereocenters. The molecule has 1 aromatic rings. The first-order chi connectivity index (χ1) is 6.74. The lowest BCUT2D eigenvalue weighted by Crippen LogP contribution is -2.34. The fourth-order valence-electron chi connectivity index (χ4n) is 1.18. The maximum Gasteiger partial charge on any atom is 0.204 e. The summed E-state index contributed by atoms with van der Waals surface area (Å²) in [6.07, 6.45) is 1.61. The van der Waals surface area contributed by atoms with Crippen LogP contribution in [-0.2, 0) is 0 Å². The van der Waals surface area contributed by atoms with Gasteiger partial charge in [0.05, 0.1) is 0 Å². The van der Waals surface area contributed by atoms with Gasteiger partial charge in [0.15, 0.2) is 0 Å². The Hall–Kier alpha value is -0.680. The third-order valence-electron chi connectivity index (χ3n) is 1.94. The molecule has 0 aliphatic rings. The molecule has 0 aromatic carbocycles. The number of rotatable bonds is 6. The average molecular weight is 214 g/mol. The molecule has 0 saturated heterocycles. The average Bonchev–Trinajstić information content (AvgIpc) is 2.64. The van der Waals surface area contributed by atoms with Gasteiger partial charge < -0.3 is 10.2 Å². The van der Waals surface area contributed by atoms with Crippen LogP contribution in [0.5, 0.6) is 0 Å². The molecule has 5 heteroatoms. The first kappa shape index (κ1) is 11.4. The quantitative estimate of drug-likeness (QED) is 0.776. The summed E-state index contributed by atoms with van der Waals surface area (Å²) in [5, 5.41) is 4.40. The predicted molar refractivity (Wildman–Crippen MR) is 60.9 cm³/mol. The van der Waals surface area contributed by atoms with Crippen LogP contribution in [0.15, 0.2) is 6.33 Å². The second-order valence-corrected chi connectivity index (χ2v) is 4.17. The summed E-state index contributed by atoms with van der Waals surface area (Å²) in [5.74, 6) is 0. The molecule has 0 saturated carbocycles. The number of hydrogen-bond donors (Lipinski definition) is 1. The zero-order chi connectivity index (χ0) is 10.4. The van der Waals surface area contributed by atoms with Crippen molar-refractivity contribution in [3.8, 4) is 0 Å². The van der Waals surface area contributed by atoms with Gasteiger partial charge in [0.25, 0.3) is 0 Å². The van der Waals surface area contributed by atoms with Crippen LogP contribution in [0.2, 0.25) is 0 Å². The molecule has 1 N–H and O–H groups in total. The molecule has 4 nitrogen and oxygen atoms in total. The van der Waals surface area contributed by atoms with Crippen molar-refractivity contribution in [3.05, 3.63) is 6.33 Å². The van der Waals surface area contributed by atoms with E-state index < -0.39 is 0 Å². The molecule has 0 aliphatic carbocycles. The van der Waals surface area contributed by atoms with Crippen molar-refractivity contribution in [1.29, 1.82) is 0 Å². The highest BCUT2D eigenvalue weighted by Gasteiger charge is 2.06. The Labute approximate surface area is 89.5 Å². The number of aromatic nitrogens is 2. The number of nitrogens with one attached hydrogen (secondary N) is 1. The van der Waals surface area contributed by atoms with Crippen molar-refractivity contribution in [2.75, 3.05) is 24.5 Å². The van der Waals surface area contributed by atoms with Crippen molar-refractivity contribution >= 4 is 16.7 Å². The number of hydrogen-bond acceptors (Lipinski definition) is 5. The molecule has 14 heavy (non-hydrogen) atoms. The molecule has 0 fully saturated rings. The van der Waals surface area contributed by atoms with Crippen LogP contribution in [0.1, 0.15) is 20.8 Å². The van der Waals surface area contributed by atoms with Crippen molar-refractivity contribution in [2.24, 2.45) is 0 Å². The van der Waals surface area contributed by atoms with Gasteiger partial charge in [-0.25, -0.2) is 4.98 Å². The zero-order valence-corrected chi connectivity index (χ0v) is 9.84. The SMILES string of the molecule is CCN(CCNC(C)C)c1ncns1. The second-order valence-electron chi connectivity index (χ2n) is 3.41. The van der Waals surface area contributed by atoms with E-state index in [9.17, 15) is 0 Å². The van der Waals surface area contributed by atoms with Crippen molar-refractivity contribution < 1.29 is 0 Å². The molecule has 0 bridgehead atoms. The van der Waals surface area contributed by atoms with E-state index in [1.807, 2.05) is 0 Å². The highest BCUT2D eigenvalue weighted by atomic mass is 32.1. The van der Waals surface area contributed by atoms with Crippen LogP contribution >= 0.6 is 11.5 Å². The van der Waals surface area contributed by atoms with Gasteiger partial charge in [-0.2, -0.15) is 4.37 Å². The van der Waals surface area contributed by atoms with Crippen LogP contribution in [0, 0.1) is 0 Å². The van der Waals surface area contributed by atoms with Gasteiger partial charge in [-0.1, -0.05) is 13.8 Å². The summed E-state index contributed by atoms with van der Waals surface area (Å²) in [7, 11) is 0. The van der Waals surface area contributed by atoms with E-state index in [-0.39, 0.29) is 0 Å². The number of likely N-dealkylation sites (N-methyl/N-ethyl adjacent to an activating group) is 1. The zero-order valence-electron chi connectivity index (χ0n) is 9.03. The van der Waals surface area contributed by atoms with E-state index >= 15 is 0 Å². The van der Waals surface area contributed by atoms with Crippen LogP contribution in [-0.4, -0.2) is 35.0 Å². The second kappa shape index (κ2) is 5.93. The van der Waals surface area contributed by atoms with Gasteiger partial charge in [0.2, 0.25) is 5.13 Å². The highest BCUT2D eigenvalue weighted by Crippen LogP contribution is 2.13. The number of nitrogens with zero attached hydrogens (tertiary/aromatic N) is 3. The van der Waals surface area contributed by atoms with E-state index in [2.05, 4.69) is 40.3 Å². The maximum atomic E-state index is 4.19. The van der Waals surface area contributed by atoms with Crippen molar-refractivity contribution in [3.63, 3.8) is 0 Å². The smallest absolute Gasteiger partial charge is 0.204 e. The summed E-state index contributed by atoms with van der Waals surface area (Å²) in [6, 6.07) is 0.545. The molecule has 0 radical (unpaired) electrons. The minimum atomic E-state index is 0.545. The molecule has 0 aliphatic heterocycles. The van der Waals surface area contributed by atoms with Gasteiger partial charge in [-0.05, 0) is 6.92 Å². The molecule has 0 spiro atoms. The largest absolute Gasteiger partial charge is 0.346 e. The first-order valence-corrected chi connectivity index (χ1v) is 5.76. The third kappa shape index (κ3) is 3.59. The standard InChI is InChI=1S/C9H18N4S/c1-4-13(6-5-10-8(2)3)9-11-7-12-14-9/h7-8,10H,4-6H2,1-3H3. The highest BCUT2D eigenvalue weighted by molar-refractivity contribution is 7.09. The summed E-state index contributed by atoms with van der Waals surface area (Å²) in [4.78, 5) is 6.42. The monoisotopic (exact) mass is 214 g/mol. The van der Waals surface area contributed by atoms with Gasteiger partial charge in [0.1, 0.15) is 6.33 Å². The summed E-state index contributed by atoms with van der Waals surface area (Å²) in [5.41, 5.74) is 0. The normalized spacial score (nSPS) is 10.9. The Kier molecular flexibility index (Phi) is 4.82. The van der Waals surface area contributed by atoms with Crippen LogP contribution in [0.3, 0.4) is 0 Å². The molecule has 80 valence electrons. The molecular formula is C9H18N4S. The number of anilines is 1. The maximum absolute atomic E-state index is 4.19. The van der Waals surface area contributed by atoms with Crippen LogP contribution in [0.25, 0.3) is 0 Å². The first-order valence-electron chi connectivity index (χ1n) is 4.99. The van der Waals surface area contributed by atoms with Crippen LogP contribution in [0.4, 0.5) is 5.13 Å². The Bertz CT molecular complexity index is 235. The lowest BCUT2D eigenvalue weighted by Gasteiger charge is -2.20. The Morgan fingerprint density at radius 3 is 2.86 bits per heavy atom. The Morgan fingerprint density at radius 1 is 1.57 bits per heavy atom. The lowest BCUT2D eigenvalue weighted by molar-refractivity contribution is 0.583. The minimum Gasteiger partial charge on any atom is -0.346 e. The molecule has 1 rings (SSSR count). The van der Waals surface area contributed by atoms with E-state index in [0.717, 1.165) is 24.8 Å². The predicted octanol–water partition coefficient (Wildman–Crippen LogP) is 1.36. The van der Waals surface area contributed by atoms with Crippen molar-refractivity contribution in [2.45, 2.75) is 26.8 Å². The molecular weight excluding hydrogens is 196 g/mol. The fourth-order valence-corrected chi connectivity index (χ4v) is 1.80. The molecule has 1 heterocycles. The Balaban J connectivity index is 2.33. The summed E-state index contributed by atoms with van der Waals surface area (Å²) < 4.78 is 4.00. The Morgan fingerprint density at radius 2 is 2.36 bits per heavy atom. The van der Waals surface area contributed by atoms with E-state index in [1.165, 1.54) is 11.5 Å². The third-order valence-corrected chi connectivity index (χ3v) is 2.66. The molecule has 0 unspecified atom stereocenters. The summed E-state index contributed by atoms with van der Waals surface area (Å²) >= 11 is 1.45. The van der Waals surface area contributed by atoms with Crippen LogP contribution < -0.4 is 10.2 Å². The van der Waals surface area contributed by atoms with Gasteiger partial charge in [-0.3, -0.25) is 0 Å². The summed E-state index contributed by atoms with van der Waals surface area (Å²) in [6.45, 7) is 9.41. The fraction of sp³-hybridized carbons (Fsp3) is 0.778. The van der Waals surface area contributed by atoms with Crippen molar-refractivity contribution in [1.82, 2.24) is 14.7 Å².